The largest absolute Gasteiger partial charge is 0.478 e. The van der Waals surface area contributed by atoms with Crippen LogP contribution in [-0.2, 0) is 0 Å². The molecule has 1 aromatic rings. The summed E-state index contributed by atoms with van der Waals surface area (Å²) in [6.07, 6.45) is 2.21. The van der Waals surface area contributed by atoms with Gasteiger partial charge in [-0.05, 0) is 57.6 Å². The van der Waals surface area contributed by atoms with Gasteiger partial charge in [0.05, 0.1) is 5.56 Å². The number of rotatable bonds is 3. The summed E-state index contributed by atoms with van der Waals surface area (Å²) in [5.41, 5.74) is 2.39. The van der Waals surface area contributed by atoms with Gasteiger partial charge in [0.25, 0.3) is 0 Å². The van der Waals surface area contributed by atoms with Crippen LogP contribution in [0.1, 0.15) is 28.8 Å². The highest BCUT2D eigenvalue weighted by atomic mass is 16.4. The number of hydrogen-bond acceptors (Lipinski definition) is 3. The number of nitrogens with zero attached hydrogens (tertiary/aromatic N) is 1. The number of piperidine rings is 1. The maximum absolute atomic E-state index is 11.0. The van der Waals surface area contributed by atoms with Gasteiger partial charge in [-0.2, -0.15) is 0 Å². The third-order valence-corrected chi connectivity index (χ3v) is 3.56. The number of anilines is 1. The van der Waals surface area contributed by atoms with Crippen molar-refractivity contribution in [1.82, 2.24) is 4.90 Å². The van der Waals surface area contributed by atoms with Gasteiger partial charge in [0.2, 0.25) is 0 Å². The standard InChI is InChI=1S/C14H20N2O2/c1-10-3-4-11(14(17)18)9-13(10)15-12-5-7-16(2)8-6-12/h3-4,9,12,15H,5-8H2,1-2H3,(H,17,18). The van der Waals surface area contributed by atoms with E-state index in [1.165, 1.54) is 0 Å². The Kier molecular flexibility index (Phi) is 3.87. The molecule has 0 spiro atoms. The topological polar surface area (TPSA) is 52.6 Å². The van der Waals surface area contributed by atoms with Crippen LogP contribution in [0.25, 0.3) is 0 Å². The summed E-state index contributed by atoms with van der Waals surface area (Å²) in [5.74, 6) is -0.874. The predicted octanol–water partition coefficient (Wildman–Crippen LogP) is 2.20. The van der Waals surface area contributed by atoms with Crippen molar-refractivity contribution in [2.24, 2.45) is 0 Å². The zero-order chi connectivity index (χ0) is 13.1. The summed E-state index contributed by atoms with van der Waals surface area (Å²) in [7, 11) is 2.13. The van der Waals surface area contributed by atoms with E-state index in [4.69, 9.17) is 5.11 Å². The van der Waals surface area contributed by atoms with E-state index in [0.717, 1.165) is 37.2 Å². The van der Waals surface area contributed by atoms with Crippen molar-refractivity contribution < 1.29 is 9.90 Å². The number of nitrogens with one attached hydrogen (secondary N) is 1. The third-order valence-electron chi connectivity index (χ3n) is 3.56. The van der Waals surface area contributed by atoms with Crippen LogP contribution in [0, 0.1) is 6.92 Å². The second-order valence-electron chi connectivity index (χ2n) is 5.06. The molecular weight excluding hydrogens is 228 g/mol. The van der Waals surface area contributed by atoms with Crippen LogP contribution >= 0.6 is 0 Å². The molecule has 18 heavy (non-hydrogen) atoms. The van der Waals surface area contributed by atoms with E-state index >= 15 is 0 Å². The average Bonchev–Trinajstić information content (AvgIpc) is 2.34. The average molecular weight is 248 g/mol. The van der Waals surface area contributed by atoms with Crippen LogP contribution in [0.3, 0.4) is 0 Å². The molecule has 2 N–H and O–H groups in total. The molecule has 1 heterocycles. The lowest BCUT2D eigenvalue weighted by atomic mass is 10.0. The van der Waals surface area contributed by atoms with E-state index < -0.39 is 5.97 Å². The molecular formula is C14H20N2O2. The Labute approximate surface area is 108 Å². The van der Waals surface area contributed by atoms with Crippen molar-refractivity contribution in [3.05, 3.63) is 29.3 Å². The Balaban J connectivity index is 2.08. The lowest BCUT2D eigenvalue weighted by Crippen LogP contribution is -2.36. The van der Waals surface area contributed by atoms with Crippen molar-refractivity contribution in [2.75, 3.05) is 25.5 Å². The van der Waals surface area contributed by atoms with Gasteiger partial charge < -0.3 is 15.3 Å². The van der Waals surface area contributed by atoms with Crippen LogP contribution in [0.5, 0.6) is 0 Å². The van der Waals surface area contributed by atoms with Crippen molar-refractivity contribution in [3.63, 3.8) is 0 Å². The molecule has 0 bridgehead atoms. The first-order chi connectivity index (χ1) is 8.56. The minimum atomic E-state index is -0.874. The number of hydrogen-bond donors (Lipinski definition) is 2. The smallest absolute Gasteiger partial charge is 0.335 e. The Morgan fingerprint density at radius 2 is 2.06 bits per heavy atom. The molecule has 0 aromatic heterocycles. The predicted molar refractivity (Wildman–Crippen MR) is 72.3 cm³/mol. The third kappa shape index (κ3) is 3.01. The first-order valence-electron chi connectivity index (χ1n) is 6.35. The van der Waals surface area contributed by atoms with Crippen LogP contribution in [0.2, 0.25) is 0 Å². The molecule has 0 unspecified atom stereocenters. The van der Waals surface area contributed by atoms with Crippen molar-refractivity contribution in [2.45, 2.75) is 25.8 Å². The summed E-state index contributed by atoms with van der Waals surface area (Å²) < 4.78 is 0. The van der Waals surface area contributed by atoms with Crippen LogP contribution < -0.4 is 5.32 Å². The van der Waals surface area contributed by atoms with E-state index in [1.54, 1.807) is 12.1 Å². The summed E-state index contributed by atoms with van der Waals surface area (Å²) in [5, 5.41) is 12.5. The quantitative estimate of drug-likeness (QED) is 0.861. The maximum atomic E-state index is 11.0. The number of benzene rings is 1. The first kappa shape index (κ1) is 12.9. The van der Waals surface area contributed by atoms with Crippen LogP contribution in [-0.4, -0.2) is 42.2 Å². The fourth-order valence-electron chi connectivity index (χ4n) is 2.28. The highest BCUT2D eigenvalue weighted by Gasteiger charge is 2.17. The number of carboxylic acid groups (broad SMARTS) is 1. The van der Waals surface area contributed by atoms with E-state index in [0.29, 0.717) is 11.6 Å². The SMILES string of the molecule is Cc1ccc(C(=O)O)cc1NC1CCN(C)CC1. The number of aromatic carboxylic acids is 1. The second kappa shape index (κ2) is 5.40. The van der Waals surface area contributed by atoms with Gasteiger partial charge in [-0.1, -0.05) is 6.07 Å². The Morgan fingerprint density at radius 3 is 2.67 bits per heavy atom. The molecule has 0 atom stereocenters. The van der Waals surface area contributed by atoms with E-state index in [1.807, 2.05) is 13.0 Å². The zero-order valence-electron chi connectivity index (χ0n) is 10.9. The zero-order valence-corrected chi connectivity index (χ0v) is 10.9. The minimum Gasteiger partial charge on any atom is -0.478 e. The van der Waals surface area contributed by atoms with E-state index in [9.17, 15) is 4.79 Å². The Bertz CT molecular complexity index is 437. The van der Waals surface area contributed by atoms with Gasteiger partial charge in [-0.25, -0.2) is 4.79 Å². The van der Waals surface area contributed by atoms with Gasteiger partial charge >= 0.3 is 5.97 Å². The van der Waals surface area contributed by atoms with Crippen molar-refractivity contribution in [3.8, 4) is 0 Å². The van der Waals surface area contributed by atoms with Crippen molar-refractivity contribution in [1.29, 1.82) is 0 Å². The highest BCUT2D eigenvalue weighted by molar-refractivity contribution is 5.89. The fourth-order valence-corrected chi connectivity index (χ4v) is 2.28. The highest BCUT2D eigenvalue weighted by Crippen LogP contribution is 2.21. The van der Waals surface area contributed by atoms with Gasteiger partial charge in [0.15, 0.2) is 0 Å². The molecule has 4 heteroatoms. The molecule has 1 fully saturated rings. The van der Waals surface area contributed by atoms with Gasteiger partial charge in [0, 0.05) is 11.7 Å². The lowest BCUT2D eigenvalue weighted by molar-refractivity contribution is 0.0697. The number of likely N-dealkylation sites (tertiary alicyclic amines) is 1. The second-order valence-corrected chi connectivity index (χ2v) is 5.06. The Hall–Kier alpha value is -1.55. The van der Waals surface area contributed by atoms with Gasteiger partial charge in [-0.15, -0.1) is 0 Å². The summed E-state index contributed by atoms with van der Waals surface area (Å²) in [6, 6.07) is 5.69. The molecule has 1 aromatic carbocycles. The molecule has 98 valence electrons. The van der Waals surface area contributed by atoms with Gasteiger partial charge in [-0.3, -0.25) is 0 Å². The molecule has 4 nitrogen and oxygen atoms in total. The van der Waals surface area contributed by atoms with E-state index in [2.05, 4.69) is 17.3 Å². The van der Waals surface area contributed by atoms with Crippen LogP contribution in [0.4, 0.5) is 5.69 Å². The fraction of sp³-hybridized carbons (Fsp3) is 0.500. The molecule has 1 aliphatic heterocycles. The lowest BCUT2D eigenvalue weighted by Gasteiger charge is -2.30. The number of carbonyl (C=O) groups is 1. The monoisotopic (exact) mass is 248 g/mol. The molecule has 1 aliphatic rings. The Morgan fingerprint density at radius 1 is 1.39 bits per heavy atom. The number of carboxylic acids is 1. The molecule has 0 saturated carbocycles. The summed E-state index contributed by atoms with van der Waals surface area (Å²) in [6.45, 7) is 4.19. The van der Waals surface area contributed by atoms with Crippen LogP contribution in [0.15, 0.2) is 18.2 Å². The normalized spacial score (nSPS) is 17.7. The first-order valence-corrected chi connectivity index (χ1v) is 6.35. The minimum absolute atomic E-state index is 0.344. The van der Waals surface area contributed by atoms with Crippen molar-refractivity contribution >= 4 is 11.7 Å². The summed E-state index contributed by atoms with van der Waals surface area (Å²) >= 11 is 0. The van der Waals surface area contributed by atoms with E-state index in [-0.39, 0.29) is 0 Å². The maximum Gasteiger partial charge on any atom is 0.335 e. The molecule has 1 saturated heterocycles. The number of aryl methyl sites for hydroxylation is 1. The molecule has 0 radical (unpaired) electrons. The molecule has 0 aliphatic carbocycles. The van der Waals surface area contributed by atoms with Gasteiger partial charge in [0.1, 0.15) is 0 Å². The molecule has 0 amide bonds. The summed E-state index contributed by atoms with van der Waals surface area (Å²) in [4.78, 5) is 13.3. The molecule has 2 rings (SSSR count).